The molecule has 4 heteroatoms. The van der Waals surface area contributed by atoms with Gasteiger partial charge in [-0.05, 0) is 11.1 Å². The van der Waals surface area contributed by atoms with Crippen molar-refractivity contribution in [1.29, 1.82) is 0 Å². The fourth-order valence-corrected chi connectivity index (χ4v) is 2.63. The van der Waals surface area contributed by atoms with Crippen molar-refractivity contribution < 1.29 is 9.90 Å². The van der Waals surface area contributed by atoms with Crippen LogP contribution in [-0.4, -0.2) is 16.7 Å². The van der Waals surface area contributed by atoms with E-state index in [4.69, 9.17) is 0 Å². The predicted molar refractivity (Wildman–Crippen MR) is 103 cm³/mol. The topological polar surface area (TPSA) is 61.7 Å². The van der Waals surface area contributed by atoms with Crippen molar-refractivity contribution in [3.8, 4) is 0 Å². The van der Waals surface area contributed by atoms with Crippen molar-refractivity contribution in [2.24, 2.45) is 5.10 Å². The van der Waals surface area contributed by atoms with Gasteiger partial charge in [-0.3, -0.25) is 4.79 Å². The molecule has 4 nitrogen and oxygen atoms in total. The fraction of sp³-hybridized carbons (Fsp3) is 0.0909. The maximum absolute atomic E-state index is 12.2. The quantitative estimate of drug-likeness (QED) is 0.531. The van der Waals surface area contributed by atoms with Gasteiger partial charge < -0.3 is 5.11 Å². The highest BCUT2D eigenvalue weighted by atomic mass is 16.3. The van der Waals surface area contributed by atoms with Gasteiger partial charge in [0.25, 0.3) is 0 Å². The molecule has 3 aromatic rings. The van der Waals surface area contributed by atoms with E-state index in [0.29, 0.717) is 11.3 Å². The second kappa shape index (κ2) is 8.74. The smallest absolute Gasteiger partial charge is 0.244 e. The van der Waals surface area contributed by atoms with Gasteiger partial charge in [-0.25, -0.2) is 5.43 Å². The monoisotopic (exact) mass is 344 g/mol. The summed E-state index contributed by atoms with van der Waals surface area (Å²) in [4.78, 5) is 12.2. The molecule has 0 aliphatic carbocycles. The highest BCUT2D eigenvalue weighted by Gasteiger charge is 2.17. The molecule has 1 atom stereocenters. The third-order valence-corrected chi connectivity index (χ3v) is 3.95. The molecule has 3 aromatic carbocycles. The molecule has 0 spiro atoms. The first-order valence-electron chi connectivity index (χ1n) is 8.43. The zero-order valence-electron chi connectivity index (χ0n) is 14.2. The minimum Gasteiger partial charge on any atom is -0.382 e. The van der Waals surface area contributed by atoms with E-state index in [-0.39, 0.29) is 12.3 Å². The number of nitrogens with one attached hydrogen (secondary N) is 1. The summed E-state index contributed by atoms with van der Waals surface area (Å²) in [6, 6.07) is 28.1. The Bertz CT molecular complexity index is 862. The third kappa shape index (κ3) is 4.65. The van der Waals surface area contributed by atoms with Crippen LogP contribution in [-0.2, 0) is 11.2 Å². The average molecular weight is 344 g/mol. The van der Waals surface area contributed by atoms with Crippen molar-refractivity contribution in [2.45, 2.75) is 12.5 Å². The number of aliphatic hydroxyl groups excluding tert-OH is 1. The molecule has 0 radical (unpaired) electrons. The second-order valence-electron chi connectivity index (χ2n) is 5.87. The van der Waals surface area contributed by atoms with Gasteiger partial charge in [0.1, 0.15) is 11.8 Å². The molecule has 130 valence electrons. The standard InChI is InChI=1S/C22H20N2O2/c25-20(16-17-10-4-1-5-11-17)23-24-21(18-12-6-2-7-13-18)22(26)19-14-8-3-9-15-19/h1-15,22,26H,16H2,(H,23,25)/t22-/m0/s1. The van der Waals surface area contributed by atoms with Gasteiger partial charge in [0.15, 0.2) is 0 Å². The maximum Gasteiger partial charge on any atom is 0.244 e. The molecule has 0 aliphatic heterocycles. The van der Waals surface area contributed by atoms with E-state index in [1.54, 1.807) is 0 Å². The zero-order chi connectivity index (χ0) is 18.2. The van der Waals surface area contributed by atoms with E-state index >= 15 is 0 Å². The third-order valence-electron chi connectivity index (χ3n) is 3.95. The Hall–Kier alpha value is -3.24. The summed E-state index contributed by atoms with van der Waals surface area (Å²) in [6.45, 7) is 0. The van der Waals surface area contributed by atoms with Gasteiger partial charge in [-0.2, -0.15) is 5.10 Å². The number of carbonyl (C=O) groups is 1. The van der Waals surface area contributed by atoms with Crippen LogP contribution in [0, 0.1) is 0 Å². The minimum absolute atomic E-state index is 0.230. The van der Waals surface area contributed by atoms with Crippen molar-refractivity contribution in [2.75, 3.05) is 0 Å². The van der Waals surface area contributed by atoms with E-state index in [9.17, 15) is 9.90 Å². The number of aliphatic hydroxyl groups is 1. The molecule has 0 bridgehead atoms. The number of carbonyl (C=O) groups excluding carboxylic acids is 1. The maximum atomic E-state index is 12.2. The van der Waals surface area contributed by atoms with E-state index in [2.05, 4.69) is 10.5 Å². The van der Waals surface area contributed by atoms with Crippen LogP contribution in [0.5, 0.6) is 0 Å². The number of hydrazone groups is 1. The molecule has 2 N–H and O–H groups in total. The largest absolute Gasteiger partial charge is 0.382 e. The summed E-state index contributed by atoms with van der Waals surface area (Å²) in [7, 11) is 0. The van der Waals surface area contributed by atoms with Crippen LogP contribution < -0.4 is 5.43 Å². The summed E-state index contributed by atoms with van der Waals surface area (Å²) in [5.41, 5.74) is 5.35. The fourth-order valence-electron chi connectivity index (χ4n) is 2.63. The van der Waals surface area contributed by atoms with Crippen molar-refractivity contribution in [3.05, 3.63) is 108 Å². The van der Waals surface area contributed by atoms with Gasteiger partial charge in [-0.1, -0.05) is 91.0 Å². The molecule has 0 saturated heterocycles. The van der Waals surface area contributed by atoms with E-state index in [1.807, 2.05) is 91.0 Å². The highest BCUT2D eigenvalue weighted by Crippen LogP contribution is 2.19. The molecule has 3 rings (SSSR count). The summed E-state index contributed by atoms with van der Waals surface area (Å²) in [5.74, 6) is -0.232. The molecule has 0 saturated carbocycles. The number of hydrogen-bond donors (Lipinski definition) is 2. The lowest BCUT2D eigenvalue weighted by molar-refractivity contribution is -0.120. The molecular weight excluding hydrogens is 324 g/mol. The van der Waals surface area contributed by atoms with Gasteiger partial charge in [0.2, 0.25) is 5.91 Å². The summed E-state index contributed by atoms with van der Waals surface area (Å²) in [5, 5.41) is 15.0. The van der Waals surface area contributed by atoms with Crippen molar-refractivity contribution >= 4 is 11.6 Å². The predicted octanol–water partition coefficient (Wildman–Crippen LogP) is 3.48. The lowest BCUT2D eigenvalue weighted by atomic mass is 9.99. The lowest BCUT2D eigenvalue weighted by Crippen LogP contribution is -2.24. The molecule has 0 aromatic heterocycles. The van der Waals surface area contributed by atoms with Crippen LogP contribution in [0.3, 0.4) is 0 Å². The molecular formula is C22H20N2O2. The van der Waals surface area contributed by atoms with Crippen molar-refractivity contribution in [3.63, 3.8) is 0 Å². The van der Waals surface area contributed by atoms with Crippen molar-refractivity contribution in [1.82, 2.24) is 5.43 Å². The normalized spacial score (nSPS) is 12.4. The van der Waals surface area contributed by atoms with Crippen LogP contribution in [0.25, 0.3) is 0 Å². The van der Waals surface area contributed by atoms with E-state index < -0.39 is 6.10 Å². The first kappa shape index (κ1) is 17.6. The SMILES string of the molecule is O=C(Cc1ccccc1)NN=C(c1ccccc1)[C@@H](O)c1ccccc1. The first-order valence-corrected chi connectivity index (χ1v) is 8.43. The van der Waals surface area contributed by atoms with Gasteiger partial charge in [0, 0.05) is 5.56 Å². The first-order chi connectivity index (χ1) is 12.7. The second-order valence-corrected chi connectivity index (χ2v) is 5.87. The lowest BCUT2D eigenvalue weighted by Gasteiger charge is -2.15. The van der Waals surface area contributed by atoms with Gasteiger partial charge in [0.05, 0.1) is 6.42 Å². The number of hydrogen-bond acceptors (Lipinski definition) is 3. The van der Waals surface area contributed by atoms with E-state index in [1.165, 1.54) is 0 Å². The van der Waals surface area contributed by atoms with Crippen LogP contribution in [0.1, 0.15) is 22.8 Å². The number of rotatable bonds is 6. The Morgan fingerprint density at radius 1 is 0.846 bits per heavy atom. The Kier molecular flexibility index (Phi) is 5.91. The minimum atomic E-state index is -0.935. The van der Waals surface area contributed by atoms with E-state index in [0.717, 1.165) is 11.1 Å². The molecule has 26 heavy (non-hydrogen) atoms. The number of amides is 1. The van der Waals surface area contributed by atoms with Gasteiger partial charge in [-0.15, -0.1) is 0 Å². The summed E-state index contributed by atoms with van der Waals surface area (Å²) in [6.07, 6.45) is -0.705. The Balaban J connectivity index is 1.81. The molecule has 0 fully saturated rings. The van der Waals surface area contributed by atoms with Crippen LogP contribution in [0.2, 0.25) is 0 Å². The summed E-state index contributed by atoms with van der Waals surface area (Å²) >= 11 is 0. The summed E-state index contributed by atoms with van der Waals surface area (Å²) < 4.78 is 0. The van der Waals surface area contributed by atoms with Gasteiger partial charge >= 0.3 is 0 Å². The molecule has 1 amide bonds. The molecule has 0 heterocycles. The highest BCUT2D eigenvalue weighted by molar-refractivity contribution is 6.04. The Morgan fingerprint density at radius 2 is 1.38 bits per heavy atom. The average Bonchev–Trinajstić information content (AvgIpc) is 2.70. The number of nitrogens with zero attached hydrogens (tertiary/aromatic N) is 1. The molecule has 0 unspecified atom stereocenters. The Labute approximate surface area is 152 Å². The molecule has 0 aliphatic rings. The number of benzene rings is 3. The Morgan fingerprint density at radius 3 is 2.00 bits per heavy atom. The van der Waals surface area contributed by atoms with Crippen LogP contribution in [0.4, 0.5) is 0 Å². The van der Waals surface area contributed by atoms with Crippen LogP contribution >= 0.6 is 0 Å². The van der Waals surface area contributed by atoms with Crippen LogP contribution in [0.15, 0.2) is 96.1 Å². The zero-order valence-corrected chi connectivity index (χ0v) is 14.2.